The molecule has 1 N–H and O–H groups in total. The standard InChI is InChI=1S/C20H21N3O/c1-3-19-18(20(24)22-17-11-9-15(2)10-12-17)13-21-23(19)14-16-7-5-4-6-8-16/h4-13H,3,14H2,1-2H3,(H,22,24). The Morgan fingerprint density at radius 3 is 2.46 bits per heavy atom. The molecule has 0 saturated heterocycles. The maximum absolute atomic E-state index is 12.6. The van der Waals surface area contributed by atoms with Crippen LogP contribution in [0.5, 0.6) is 0 Å². The lowest BCUT2D eigenvalue weighted by Gasteiger charge is -2.09. The number of anilines is 1. The summed E-state index contributed by atoms with van der Waals surface area (Å²) in [5.41, 5.74) is 4.71. The molecular weight excluding hydrogens is 298 g/mol. The highest BCUT2D eigenvalue weighted by Crippen LogP contribution is 2.15. The lowest BCUT2D eigenvalue weighted by molar-refractivity contribution is 0.102. The third kappa shape index (κ3) is 3.54. The van der Waals surface area contributed by atoms with Gasteiger partial charge in [-0.05, 0) is 31.0 Å². The van der Waals surface area contributed by atoms with E-state index in [-0.39, 0.29) is 5.91 Å². The summed E-state index contributed by atoms with van der Waals surface area (Å²) in [6.07, 6.45) is 2.41. The van der Waals surface area contributed by atoms with Crippen LogP contribution in [0.1, 0.15) is 34.1 Å². The van der Waals surface area contributed by atoms with Crippen molar-refractivity contribution in [2.24, 2.45) is 0 Å². The van der Waals surface area contributed by atoms with Crippen LogP contribution in [-0.2, 0) is 13.0 Å². The first kappa shape index (κ1) is 16.0. The highest BCUT2D eigenvalue weighted by molar-refractivity contribution is 6.04. The van der Waals surface area contributed by atoms with E-state index in [1.54, 1.807) is 6.20 Å². The number of carbonyl (C=O) groups is 1. The molecule has 0 aliphatic rings. The van der Waals surface area contributed by atoms with E-state index in [1.165, 1.54) is 5.56 Å². The summed E-state index contributed by atoms with van der Waals surface area (Å²) in [6.45, 7) is 4.73. The predicted molar refractivity (Wildman–Crippen MR) is 96.3 cm³/mol. The third-order valence-electron chi connectivity index (χ3n) is 4.01. The molecule has 0 unspecified atom stereocenters. The van der Waals surface area contributed by atoms with E-state index in [2.05, 4.69) is 22.5 Å². The molecule has 3 aromatic rings. The van der Waals surface area contributed by atoms with E-state index in [0.717, 1.165) is 23.4 Å². The van der Waals surface area contributed by atoms with Gasteiger partial charge in [0.2, 0.25) is 0 Å². The van der Waals surface area contributed by atoms with Crippen LogP contribution < -0.4 is 5.32 Å². The lowest BCUT2D eigenvalue weighted by atomic mass is 10.1. The molecule has 1 heterocycles. The zero-order valence-corrected chi connectivity index (χ0v) is 14.0. The molecule has 3 rings (SSSR count). The number of rotatable bonds is 5. The van der Waals surface area contributed by atoms with Crippen molar-refractivity contribution >= 4 is 11.6 Å². The van der Waals surface area contributed by atoms with Gasteiger partial charge in [-0.15, -0.1) is 0 Å². The number of hydrogen-bond donors (Lipinski definition) is 1. The van der Waals surface area contributed by atoms with Gasteiger partial charge in [0.05, 0.1) is 24.0 Å². The second-order valence-electron chi connectivity index (χ2n) is 5.82. The number of amides is 1. The van der Waals surface area contributed by atoms with E-state index in [9.17, 15) is 4.79 Å². The Hall–Kier alpha value is -2.88. The predicted octanol–water partition coefficient (Wildman–Crippen LogP) is 4.05. The summed E-state index contributed by atoms with van der Waals surface area (Å²) in [5.74, 6) is -0.116. The van der Waals surface area contributed by atoms with Gasteiger partial charge >= 0.3 is 0 Å². The van der Waals surface area contributed by atoms with Crippen LogP contribution in [0.25, 0.3) is 0 Å². The van der Waals surface area contributed by atoms with Gasteiger partial charge in [0.1, 0.15) is 0 Å². The quantitative estimate of drug-likeness (QED) is 0.771. The monoisotopic (exact) mass is 319 g/mol. The van der Waals surface area contributed by atoms with Gasteiger partial charge < -0.3 is 5.32 Å². The maximum atomic E-state index is 12.6. The highest BCUT2D eigenvalue weighted by Gasteiger charge is 2.16. The molecule has 4 heteroatoms. The minimum absolute atomic E-state index is 0.116. The van der Waals surface area contributed by atoms with Gasteiger partial charge in [-0.2, -0.15) is 5.10 Å². The molecule has 0 aliphatic heterocycles. The summed E-state index contributed by atoms with van der Waals surface area (Å²) in [4.78, 5) is 12.6. The number of benzene rings is 2. The van der Waals surface area contributed by atoms with Crippen molar-refractivity contribution in [3.05, 3.63) is 83.2 Å². The smallest absolute Gasteiger partial charge is 0.259 e. The summed E-state index contributed by atoms with van der Waals surface area (Å²) < 4.78 is 1.90. The molecule has 122 valence electrons. The summed E-state index contributed by atoms with van der Waals surface area (Å²) >= 11 is 0. The lowest BCUT2D eigenvalue weighted by Crippen LogP contribution is -2.15. The van der Waals surface area contributed by atoms with Crippen LogP contribution in [-0.4, -0.2) is 15.7 Å². The summed E-state index contributed by atoms with van der Waals surface area (Å²) in [5, 5.41) is 7.36. The van der Waals surface area contributed by atoms with Gasteiger partial charge in [0.15, 0.2) is 0 Å². The number of aromatic nitrogens is 2. The molecule has 0 atom stereocenters. The molecule has 0 spiro atoms. The topological polar surface area (TPSA) is 46.9 Å². The Kier molecular flexibility index (Phi) is 4.75. The number of nitrogens with zero attached hydrogens (tertiary/aromatic N) is 2. The fourth-order valence-corrected chi connectivity index (χ4v) is 2.70. The molecule has 0 bridgehead atoms. The van der Waals surface area contributed by atoms with Crippen LogP contribution in [0.3, 0.4) is 0 Å². The van der Waals surface area contributed by atoms with E-state index < -0.39 is 0 Å². The van der Waals surface area contributed by atoms with Crippen molar-refractivity contribution in [1.29, 1.82) is 0 Å². The maximum Gasteiger partial charge on any atom is 0.259 e. The zero-order valence-electron chi connectivity index (χ0n) is 14.0. The SMILES string of the molecule is CCc1c(C(=O)Nc2ccc(C)cc2)cnn1Cc1ccccc1. The molecule has 1 aromatic heterocycles. The van der Waals surface area contributed by atoms with Gasteiger partial charge in [-0.3, -0.25) is 9.48 Å². The summed E-state index contributed by atoms with van der Waals surface area (Å²) in [7, 11) is 0. The molecule has 2 aromatic carbocycles. The minimum atomic E-state index is -0.116. The number of hydrogen-bond acceptors (Lipinski definition) is 2. The van der Waals surface area contributed by atoms with Crippen LogP contribution in [0.4, 0.5) is 5.69 Å². The van der Waals surface area contributed by atoms with E-state index in [0.29, 0.717) is 12.1 Å². The average Bonchev–Trinajstić information content (AvgIpc) is 3.00. The first-order chi connectivity index (χ1) is 11.7. The van der Waals surface area contributed by atoms with Crippen molar-refractivity contribution in [1.82, 2.24) is 9.78 Å². The second-order valence-corrected chi connectivity index (χ2v) is 5.82. The zero-order chi connectivity index (χ0) is 16.9. The molecule has 0 radical (unpaired) electrons. The van der Waals surface area contributed by atoms with Crippen LogP contribution >= 0.6 is 0 Å². The first-order valence-corrected chi connectivity index (χ1v) is 8.14. The van der Waals surface area contributed by atoms with Gasteiger partial charge in [-0.25, -0.2) is 0 Å². The van der Waals surface area contributed by atoms with Crippen molar-refractivity contribution in [3.8, 4) is 0 Å². The number of aryl methyl sites for hydroxylation is 1. The molecule has 0 aliphatic carbocycles. The largest absolute Gasteiger partial charge is 0.322 e. The Bertz CT molecular complexity index is 820. The third-order valence-corrected chi connectivity index (χ3v) is 4.01. The van der Waals surface area contributed by atoms with Gasteiger partial charge in [0, 0.05) is 5.69 Å². The molecular formula is C20H21N3O. The highest BCUT2D eigenvalue weighted by atomic mass is 16.1. The molecule has 1 amide bonds. The van der Waals surface area contributed by atoms with E-state index in [1.807, 2.05) is 61.0 Å². The van der Waals surface area contributed by atoms with Crippen LogP contribution in [0, 0.1) is 6.92 Å². The molecule has 0 fully saturated rings. The van der Waals surface area contributed by atoms with Crippen molar-refractivity contribution in [3.63, 3.8) is 0 Å². The number of carbonyl (C=O) groups excluding carboxylic acids is 1. The fraction of sp³-hybridized carbons (Fsp3) is 0.200. The van der Waals surface area contributed by atoms with Gasteiger partial charge in [0.25, 0.3) is 5.91 Å². The van der Waals surface area contributed by atoms with Crippen LogP contribution in [0.15, 0.2) is 60.8 Å². The normalized spacial score (nSPS) is 10.6. The van der Waals surface area contributed by atoms with Crippen molar-refractivity contribution in [2.45, 2.75) is 26.8 Å². The van der Waals surface area contributed by atoms with Crippen molar-refractivity contribution < 1.29 is 4.79 Å². The average molecular weight is 319 g/mol. The van der Waals surface area contributed by atoms with Crippen molar-refractivity contribution in [2.75, 3.05) is 5.32 Å². The molecule has 4 nitrogen and oxygen atoms in total. The fourth-order valence-electron chi connectivity index (χ4n) is 2.70. The molecule has 0 saturated carbocycles. The van der Waals surface area contributed by atoms with E-state index in [4.69, 9.17) is 0 Å². The Balaban J connectivity index is 1.80. The Labute approximate surface area is 142 Å². The Morgan fingerprint density at radius 2 is 1.79 bits per heavy atom. The second kappa shape index (κ2) is 7.13. The molecule has 24 heavy (non-hydrogen) atoms. The van der Waals surface area contributed by atoms with Crippen LogP contribution in [0.2, 0.25) is 0 Å². The van der Waals surface area contributed by atoms with E-state index >= 15 is 0 Å². The van der Waals surface area contributed by atoms with Gasteiger partial charge in [-0.1, -0.05) is 55.0 Å². The summed E-state index contributed by atoms with van der Waals surface area (Å²) in [6, 6.07) is 17.9. The number of nitrogens with one attached hydrogen (secondary N) is 1. The Morgan fingerprint density at radius 1 is 1.08 bits per heavy atom. The minimum Gasteiger partial charge on any atom is -0.322 e. The first-order valence-electron chi connectivity index (χ1n) is 8.14.